The maximum absolute atomic E-state index is 13.4. The molecule has 1 fully saturated rings. The molecule has 0 N–H and O–H groups in total. The fourth-order valence-electron chi connectivity index (χ4n) is 3.32. The van der Waals surface area contributed by atoms with Crippen LogP contribution in [0, 0.1) is 6.92 Å². The molecule has 31 heavy (non-hydrogen) atoms. The maximum Gasteiger partial charge on any atom is 0.373 e. The summed E-state index contributed by atoms with van der Waals surface area (Å²) in [5, 5.41) is 0. The van der Waals surface area contributed by atoms with Gasteiger partial charge in [-0.2, -0.15) is 0 Å². The fourth-order valence-corrected chi connectivity index (χ4v) is 4.67. The monoisotopic (exact) mass is 449 g/mol. The summed E-state index contributed by atoms with van der Waals surface area (Å²) in [5.41, 5.74) is 0.904. The largest absolute Gasteiger partial charge is 0.463 e. The first kappa shape index (κ1) is 22.8. The van der Waals surface area contributed by atoms with Crippen LogP contribution in [0.1, 0.15) is 28.8 Å². The first-order chi connectivity index (χ1) is 14.8. The number of piperazine rings is 1. The highest BCUT2D eigenvalue weighted by Gasteiger charge is 2.35. The number of urea groups is 1. The van der Waals surface area contributed by atoms with E-state index in [0.29, 0.717) is 26.2 Å². The average Bonchev–Trinajstić information content (AvgIpc) is 3.25. The van der Waals surface area contributed by atoms with E-state index in [2.05, 4.69) is 9.64 Å². The number of esters is 1. The minimum Gasteiger partial charge on any atom is -0.463 e. The van der Waals surface area contributed by atoms with Crippen molar-refractivity contribution in [2.24, 2.45) is 0 Å². The quantitative estimate of drug-likeness (QED) is 0.624. The smallest absolute Gasteiger partial charge is 0.373 e. The van der Waals surface area contributed by atoms with E-state index in [4.69, 9.17) is 4.42 Å². The lowest BCUT2D eigenvalue weighted by molar-refractivity contribution is 0.0562. The molecular weight excluding hydrogens is 422 g/mol. The number of likely N-dealkylation sites (N-methyl/N-ethyl adjacent to an activating group) is 1. The van der Waals surface area contributed by atoms with Crippen LogP contribution < -0.4 is 0 Å². The van der Waals surface area contributed by atoms with E-state index in [9.17, 15) is 18.0 Å². The van der Waals surface area contributed by atoms with Crippen LogP contribution in [0.15, 0.2) is 45.7 Å². The standard InChI is InChI=1S/C21H27N3O6S/c1-4-22-11-13-23(14-12-22)21(26)24(15-17-7-10-19(30-17)20(25)29-3)31(27,28)18-8-5-16(2)6-9-18/h5-10H,4,11-15H2,1-3H3. The predicted molar refractivity (Wildman–Crippen MR) is 113 cm³/mol. The molecule has 0 unspecified atom stereocenters. The van der Waals surface area contributed by atoms with Gasteiger partial charge < -0.3 is 19.0 Å². The molecule has 1 aliphatic heterocycles. The van der Waals surface area contributed by atoms with Crippen LogP contribution in [-0.2, 0) is 21.3 Å². The molecule has 1 aromatic heterocycles. The van der Waals surface area contributed by atoms with Gasteiger partial charge in [-0.25, -0.2) is 22.3 Å². The number of rotatable bonds is 6. The van der Waals surface area contributed by atoms with Gasteiger partial charge in [-0.3, -0.25) is 0 Å². The zero-order valence-electron chi connectivity index (χ0n) is 17.9. The van der Waals surface area contributed by atoms with E-state index in [0.717, 1.165) is 16.4 Å². The Morgan fingerprint density at radius 1 is 1.06 bits per heavy atom. The molecule has 2 aromatic rings. The number of carbonyl (C=O) groups excluding carboxylic acids is 2. The van der Waals surface area contributed by atoms with Crippen LogP contribution in [0.2, 0.25) is 0 Å². The van der Waals surface area contributed by atoms with Gasteiger partial charge in [0.05, 0.1) is 18.6 Å². The Kier molecular flexibility index (Phi) is 7.01. The lowest BCUT2D eigenvalue weighted by Gasteiger charge is -2.36. The summed E-state index contributed by atoms with van der Waals surface area (Å²) in [5.74, 6) is -0.577. The van der Waals surface area contributed by atoms with Crippen LogP contribution in [0.3, 0.4) is 0 Å². The van der Waals surface area contributed by atoms with Gasteiger partial charge >= 0.3 is 12.0 Å². The number of furan rings is 1. The van der Waals surface area contributed by atoms with Crippen molar-refractivity contribution in [1.29, 1.82) is 0 Å². The van der Waals surface area contributed by atoms with E-state index >= 15 is 0 Å². The Morgan fingerprint density at radius 3 is 2.29 bits per heavy atom. The lowest BCUT2D eigenvalue weighted by atomic mass is 10.2. The Morgan fingerprint density at radius 2 is 1.71 bits per heavy atom. The third-order valence-electron chi connectivity index (χ3n) is 5.26. The number of methoxy groups -OCH3 is 1. The normalized spacial score (nSPS) is 15.0. The molecule has 1 aliphatic rings. The van der Waals surface area contributed by atoms with Crippen molar-refractivity contribution in [2.75, 3.05) is 39.8 Å². The number of ether oxygens (including phenoxy) is 1. The van der Waals surface area contributed by atoms with Gasteiger partial charge in [0.15, 0.2) is 0 Å². The van der Waals surface area contributed by atoms with Gasteiger partial charge in [-0.1, -0.05) is 24.6 Å². The molecule has 0 saturated carbocycles. The molecule has 9 nitrogen and oxygen atoms in total. The summed E-state index contributed by atoms with van der Waals surface area (Å²) in [7, 11) is -2.93. The highest BCUT2D eigenvalue weighted by molar-refractivity contribution is 7.89. The average molecular weight is 450 g/mol. The summed E-state index contributed by atoms with van der Waals surface area (Å²) >= 11 is 0. The topological polar surface area (TPSA) is 100 Å². The summed E-state index contributed by atoms with van der Waals surface area (Å²) < 4.78 is 37.6. The van der Waals surface area contributed by atoms with Crippen molar-refractivity contribution < 1.29 is 27.2 Å². The molecule has 2 heterocycles. The first-order valence-electron chi connectivity index (χ1n) is 10.0. The number of aryl methyl sites for hydroxylation is 1. The van der Waals surface area contributed by atoms with E-state index in [1.165, 1.54) is 36.3 Å². The van der Waals surface area contributed by atoms with Crippen LogP contribution in [0.25, 0.3) is 0 Å². The van der Waals surface area contributed by atoms with E-state index < -0.39 is 22.0 Å². The highest BCUT2D eigenvalue weighted by atomic mass is 32.2. The number of sulfonamides is 1. The number of nitrogens with zero attached hydrogens (tertiary/aromatic N) is 3. The third kappa shape index (κ3) is 5.08. The second-order valence-electron chi connectivity index (χ2n) is 7.29. The number of amides is 2. The molecule has 10 heteroatoms. The summed E-state index contributed by atoms with van der Waals surface area (Å²) in [4.78, 5) is 28.7. The SMILES string of the molecule is CCN1CCN(C(=O)N(Cc2ccc(C(=O)OC)o2)S(=O)(=O)c2ccc(C)cc2)CC1. The van der Waals surface area contributed by atoms with Crippen LogP contribution in [-0.4, -0.2) is 74.4 Å². The molecule has 0 aliphatic carbocycles. The second kappa shape index (κ2) is 9.52. The third-order valence-corrected chi connectivity index (χ3v) is 6.99. The molecule has 0 atom stereocenters. The number of hydrogen-bond acceptors (Lipinski definition) is 7. The van der Waals surface area contributed by atoms with Gasteiger partial charge in [-0.05, 0) is 37.7 Å². The zero-order valence-corrected chi connectivity index (χ0v) is 18.7. The lowest BCUT2D eigenvalue weighted by Crippen LogP contribution is -2.53. The van der Waals surface area contributed by atoms with Crippen molar-refractivity contribution in [3.05, 3.63) is 53.5 Å². The van der Waals surface area contributed by atoms with Crippen molar-refractivity contribution in [1.82, 2.24) is 14.1 Å². The summed E-state index contributed by atoms with van der Waals surface area (Å²) in [6, 6.07) is 8.54. The van der Waals surface area contributed by atoms with Crippen molar-refractivity contribution >= 4 is 22.0 Å². The summed E-state index contributed by atoms with van der Waals surface area (Å²) in [6.45, 7) is 6.64. The zero-order chi connectivity index (χ0) is 22.6. The molecule has 0 bridgehead atoms. The van der Waals surface area contributed by atoms with Crippen molar-refractivity contribution in [2.45, 2.75) is 25.3 Å². The molecule has 3 rings (SSSR count). The van der Waals surface area contributed by atoms with Gasteiger partial charge in [0.25, 0.3) is 10.0 Å². The van der Waals surface area contributed by atoms with Crippen molar-refractivity contribution in [3.63, 3.8) is 0 Å². The minimum atomic E-state index is -4.15. The maximum atomic E-state index is 13.4. The van der Waals surface area contributed by atoms with E-state index in [1.807, 2.05) is 13.8 Å². The van der Waals surface area contributed by atoms with Gasteiger partial charge in [0.1, 0.15) is 5.76 Å². The molecule has 168 valence electrons. The molecule has 0 radical (unpaired) electrons. The number of benzene rings is 1. The van der Waals surface area contributed by atoms with E-state index in [-0.39, 0.29) is 23.0 Å². The molecule has 1 saturated heterocycles. The highest BCUT2D eigenvalue weighted by Crippen LogP contribution is 2.22. The van der Waals surface area contributed by atoms with Crippen LogP contribution >= 0.6 is 0 Å². The van der Waals surface area contributed by atoms with Crippen LogP contribution in [0.4, 0.5) is 4.79 Å². The second-order valence-corrected chi connectivity index (χ2v) is 9.15. The molecule has 1 aromatic carbocycles. The van der Waals surface area contributed by atoms with Gasteiger partial charge in [-0.15, -0.1) is 0 Å². The van der Waals surface area contributed by atoms with Gasteiger partial charge in [0, 0.05) is 26.2 Å². The summed E-state index contributed by atoms with van der Waals surface area (Å²) in [6.07, 6.45) is 0. The van der Waals surface area contributed by atoms with E-state index in [1.54, 1.807) is 12.1 Å². The van der Waals surface area contributed by atoms with Crippen LogP contribution in [0.5, 0.6) is 0 Å². The predicted octanol–water partition coefficient (Wildman–Crippen LogP) is 2.32. The Labute approximate surface area is 182 Å². The number of hydrogen-bond donors (Lipinski definition) is 0. The molecule has 0 spiro atoms. The number of carbonyl (C=O) groups is 2. The first-order valence-corrected chi connectivity index (χ1v) is 11.5. The Hall–Kier alpha value is -2.85. The van der Waals surface area contributed by atoms with Crippen molar-refractivity contribution in [3.8, 4) is 0 Å². The molecular formula is C21H27N3O6S. The Balaban J connectivity index is 1.91. The Bertz CT molecular complexity index is 1020. The fraction of sp³-hybridized carbons (Fsp3) is 0.429. The van der Waals surface area contributed by atoms with Gasteiger partial charge in [0.2, 0.25) is 5.76 Å². The minimum absolute atomic E-state index is 0.0124. The molecule has 2 amide bonds.